The zero-order valence-electron chi connectivity index (χ0n) is 6.56. The molecule has 12 heavy (non-hydrogen) atoms. The van der Waals surface area contributed by atoms with Crippen LogP contribution in [0.2, 0.25) is 0 Å². The van der Waals surface area contributed by atoms with Gasteiger partial charge in [0.25, 0.3) is 0 Å². The fourth-order valence-electron chi connectivity index (χ4n) is 1.02. The van der Waals surface area contributed by atoms with Gasteiger partial charge in [-0.1, -0.05) is 28.1 Å². The van der Waals surface area contributed by atoms with Gasteiger partial charge in [0.1, 0.15) is 0 Å². The fourth-order valence-corrected chi connectivity index (χ4v) is 1.30. The number of rotatable bonds is 3. The SMILES string of the molecule is Oc1c(F)cccc1CCCBr. The lowest BCUT2D eigenvalue weighted by Gasteiger charge is -2.02. The van der Waals surface area contributed by atoms with Crippen molar-refractivity contribution in [3.63, 3.8) is 0 Å². The largest absolute Gasteiger partial charge is 0.505 e. The van der Waals surface area contributed by atoms with Crippen LogP contribution in [-0.2, 0) is 6.42 Å². The van der Waals surface area contributed by atoms with Gasteiger partial charge in [-0.2, -0.15) is 0 Å². The van der Waals surface area contributed by atoms with Gasteiger partial charge in [0.15, 0.2) is 11.6 Å². The van der Waals surface area contributed by atoms with Gasteiger partial charge in [-0.05, 0) is 24.5 Å². The minimum Gasteiger partial charge on any atom is -0.505 e. The Morgan fingerprint density at radius 1 is 1.42 bits per heavy atom. The van der Waals surface area contributed by atoms with Crippen molar-refractivity contribution in [1.82, 2.24) is 0 Å². The van der Waals surface area contributed by atoms with Crippen molar-refractivity contribution < 1.29 is 9.50 Å². The first-order valence-corrected chi connectivity index (χ1v) is 4.90. The van der Waals surface area contributed by atoms with E-state index in [-0.39, 0.29) is 5.75 Å². The van der Waals surface area contributed by atoms with Crippen LogP contribution in [-0.4, -0.2) is 10.4 Å². The Bertz CT molecular complexity index is 263. The van der Waals surface area contributed by atoms with Gasteiger partial charge in [-0.15, -0.1) is 0 Å². The summed E-state index contributed by atoms with van der Waals surface area (Å²) in [5.41, 5.74) is 0.675. The van der Waals surface area contributed by atoms with E-state index in [1.165, 1.54) is 6.07 Å². The van der Waals surface area contributed by atoms with Gasteiger partial charge in [0.05, 0.1) is 0 Å². The molecule has 1 aromatic rings. The summed E-state index contributed by atoms with van der Waals surface area (Å²) in [6.07, 6.45) is 1.60. The lowest BCUT2D eigenvalue weighted by molar-refractivity contribution is 0.425. The molecule has 0 spiro atoms. The zero-order valence-corrected chi connectivity index (χ0v) is 8.14. The van der Waals surface area contributed by atoms with Crippen molar-refractivity contribution in [3.8, 4) is 5.75 Å². The Morgan fingerprint density at radius 2 is 2.17 bits per heavy atom. The molecule has 1 aromatic carbocycles. The Balaban J connectivity index is 2.78. The molecule has 1 nitrogen and oxygen atoms in total. The maximum absolute atomic E-state index is 12.7. The van der Waals surface area contributed by atoms with Crippen molar-refractivity contribution in [1.29, 1.82) is 0 Å². The van der Waals surface area contributed by atoms with Crippen LogP contribution in [0.1, 0.15) is 12.0 Å². The lowest BCUT2D eigenvalue weighted by atomic mass is 10.1. The molecule has 0 aliphatic rings. The third-order valence-electron chi connectivity index (χ3n) is 1.65. The standard InChI is InChI=1S/C9H10BrFO/c10-6-2-4-7-3-1-5-8(11)9(7)12/h1,3,5,12H,2,4,6H2. The molecule has 0 amide bonds. The van der Waals surface area contributed by atoms with Crippen molar-refractivity contribution in [2.24, 2.45) is 0 Å². The van der Waals surface area contributed by atoms with E-state index in [4.69, 9.17) is 0 Å². The van der Waals surface area contributed by atoms with Crippen LogP contribution in [0.25, 0.3) is 0 Å². The first-order valence-electron chi connectivity index (χ1n) is 3.78. The van der Waals surface area contributed by atoms with Gasteiger partial charge >= 0.3 is 0 Å². The van der Waals surface area contributed by atoms with Crippen LogP contribution in [0, 0.1) is 5.82 Å². The summed E-state index contributed by atoms with van der Waals surface area (Å²) in [6, 6.07) is 4.60. The van der Waals surface area contributed by atoms with Crippen LogP contribution in [0.5, 0.6) is 5.75 Å². The van der Waals surface area contributed by atoms with E-state index in [1.54, 1.807) is 12.1 Å². The molecular weight excluding hydrogens is 223 g/mol. The Labute approximate surface area is 79.4 Å². The minimum atomic E-state index is -0.540. The lowest BCUT2D eigenvalue weighted by Crippen LogP contribution is -1.88. The molecule has 0 fully saturated rings. The molecule has 0 aliphatic heterocycles. The monoisotopic (exact) mass is 232 g/mol. The van der Waals surface area contributed by atoms with E-state index in [0.717, 1.165) is 11.8 Å². The summed E-state index contributed by atoms with van der Waals surface area (Å²) in [4.78, 5) is 0. The van der Waals surface area contributed by atoms with E-state index in [2.05, 4.69) is 15.9 Å². The highest BCUT2D eigenvalue weighted by Crippen LogP contribution is 2.21. The van der Waals surface area contributed by atoms with E-state index in [0.29, 0.717) is 12.0 Å². The van der Waals surface area contributed by atoms with Crippen LogP contribution in [0.4, 0.5) is 4.39 Å². The Hall–Kier alpha value is -0.570. The number of para-hydroxylation sites is 1. The molecule has 1 rings (SSSR count). The average Bonchev–Trinajstić information content (AvgIpc) is 2.08. The molecule has 0 heterocycles. The molecule has 0 saturated heterocycles. The first-order chi connectivity index (χ1) is 5.75. The van der Waals surface area contributed by atoms with E-state index in [1.807, 2.05) is 0 Å². The van der Waals surface area contributed by atoms with Crippen LogP contribution in [0.3, 0.4) is 0 Å². The third kappa shape index (κ3) is 2.21. The summed E-state index contributed by atoms with van der Waals surface area (Å²) < 4.78 is 12.7. The van der Waals surface area contributed by atoms with Crippen molar-refractivity contribution in [2.75, 3.05) is 5.33 Å². The highest BCUT2D eigenvalue weighted by atomic mass is 79.9. The smallest absolute Gasteiger partial charge is 0.165 e. The van der Waals surface area contributed by atoms with Crippen LogP contribution in [0.15, 0.2) is 18.2 Å². The van der Waals surface area contributed by atoms with Crippen LogP contribution >= 0.6 is 15.9 Å². The molecule has 1 N–H and O–H groups in total. The number of alkyl halides is 1. The Kier molecular flexibility index (Phi) is 3.53. The van der Waals surface area contributed by atoms with Gasteiger partial charge in [0.2, 0.25) is 0 Å². The van der Waals surface area contributed by atoms with E-state index < -0.39 is 5.82 Å². The number of benzene rings is 1. The molecule has 0 aliphatic carbocycles. The van der Waals surface area contributed by atoms with Crippen molar-refractivity contribution in [3.05, 3.63) is 29.6 Å². The molecule has 0 saturated carbocycles. The number of hydrogen-bond acceptors (Lipinski definition) is 1. The number of phenols is 1. The van der Waals surface area contributed by atoms with Gasteiger partial charge < -0.3 is 5.11 Å². The van der Waals surface area contributed by atoms with Gasteiger partial charge in [-0.3, -0.25) is 0 Å². The van der Waals surface area contributed by atoms with Gasteiger partial charge in [-0.25, -0.2) is 4.39 Å². The van der Waals surface area contributed by atoms with E-state index in [9.17, 15) is 9.50 Å². The molecule has 0 atom stereocenters. The first kappa shape index (κ1) is 9.52. The van der Waals surface area contributed by atoms with Crippen LogP contribution < -0.4 is 0 Å². The normalized spacial score (nSPS) is 10.2. The van der Waals surface area contributed by atoms with Crippen molar-refractivity contribution >= 4 is 15.9 Å². The second kappa shape index (κ2) is 4.45. The number of aromatic hydroxyl groups is 1. The zero-order chi connectivity index (χ0) is 8.97. The fraction of sp³-hybridized carbons (Fsp3) is 0.333. The van der Waals surface area contributed by atoms with E-state index >= 15 is 0 Å². The maximum atomic E-state index is 12.7. The van der Waals surface area contributed by atoms with Gasteiger partial charge in [0, 0.05) is 5.33 Å². The summed E-state index contributed by atoms with van der Waals surface area (Å²) in [5, 5.41) is 10.1. The highest BCUT2D eigenvalue weighted by molar-refractivity contribution is 9.09. The summed E-state index contributed by atoms with van der Waals surface area (Å²) >= 11 is 3.27. The number of aryl methyl sites for hydroxylation is 1. The third-order valence-corrected chi connectivity index (χ3v) is 2.21. The summed E-state index contributed by atoms with van der Waals surface area (Å²) in [6.45, 7) is 0. The maximum Gasteiger partial charge on any atom is 0.165 e. The summed E-state index contributed by atoms with van der Waals surface area (Å²) in [7, 11) is 0. The Morgan fingerprint density at radius 3 is 2.83 bits per heavy atom. The molecular formula is C9H10BrFO. The quantitative estimate of drug-likeness (QED) is 0.796. The molecule has 3 heteroatoms. The molecule has 0 aromatic heterocycles. The topological polar surface area (TPSA) is 20.2 Å². The average molecular weight is 233 g/mol. The second-order valence-corrected chi connectivity index (χ2v) is 3.33. The molecule has 0 bridgehead atoms. The van der Waals surface area contributed by atoms with Crippen molar-refractivity contribution in [2.45, 2.75) is 12.8 Å². The second-order valence-electron chi connectivity index (χ2n) is 2.54. The number of halogens is 2. The number of hydrogen-bond donors (Lipinski definition) is 1. The highest BCUT2D eigenvalue weighted by Gasteiger charge is 2.04. The molecule has 0 unspecified atom stereocenters. The predicted molar refractivity (Wildman–Crippen MR) is 50.2 cm³/mol. The summed E-state index contributed by atoms with van der Waals surface area (Å²) in [5.74, 6) is -0.750. The minimum absolute atomic E-state index is 0.210. The number of phenolic OH excluding ortho intramolecular Hbond substituents is 1. The molecule has 0 radical (unpaired) electrons. The predicted octanol–water partition coefficient (Wildman–Crippen LogP) is 2.86. The molecule has 66 valence electrons.